The first-order valence-electron chi connectivity index (χ1n) is 2.14. The summed E-state index contributed by atoms with van der Waals surface area (Å²) in [6.07, 6.45) is 2.50. The van der Waals surface area contributed by atoms with Crippen LogP contribution in [0.4, 0.5) is 0 Å². The third-order valence-electron chi connectivity index (χ3n) is 0. The SMILES string of the molecule is [N-]=C=O.[N-]=C=O.[N-]=C=O.[N-]=C=O.[N-]=C=O. The van der Waals surface area contributed by atoms with Gasteiger partial charge in [-0.1, -0.05) is 0 Å². The van der Waals surface area contributed by atoms with E-state index in [0.29, 0.717) is 30.4 Å². The highest BCUT2D eigenvalue weighted by atomic mass is 16.1. The third-order valence-corrected chi connectivity index (χ3v) is 0. The summed E-state index contributed by atoms with van der Waals surface area (Å²) in [6, 6.07) is 0. The van der Waals surface area contributed by atoms with Crippen LogP contribution in [0.15, 0.2) is 0 Å². The van der Waals surface area contributed by atoms with Crippen LogP contribution >= 0.6 is 0 Å². The Labute approximate surface area is 82.5 Å². The maximum Gasteiger partial charge on any atom is -0.0159 e. The summed E-state index contributed by atoms with van der Waals surface area (Å²) in [6.45, 7) is 0. The van der Waals surface area contributed by atoms with Crippen LogP contribution in [0.2, 0.25) is 0 Å². The van der Waals surface area contributed by atoms with Gasteiger partial charge in [0.2, 0.25) is 0 Å². The lowest BCUT2D eigenvalue weighted by Crippen LogP contribution is -1.13. The van der Waals surface area contributed by atoms with Gasteiger partial charge in [-0.05, 0) is 30.4 Å². The normalized spacial score (nSPS) is 2.67. The molecule has 0 fully saturated rings. The van der Waals surface area contributed by atoms with Crippen LogP contribution in [0.3, 0.4) is 0 Å². The molecule has 10 nitrogen and oxygen atoms in total. The lowest BCUT2D eigenvalue weighted by molar-refractivity contribution is 0.568. The third kappa shape index (κ3) is 89.8. The minimum Gasteiger partial charge on any atom is -0.724 e. The molecule has 0 N–H and O–H groups in total. The van der Waals surface area contributed by atoms with Gasteiger partial charge in [0, 0.05) is 0 Å². The van der Waals surface area contributed by atoms with Crippen molar-refractivity contribution < 1.29 is 24.0 Å². The van der Waals surface area contributed by atoms with Crippen molar-refractivity contribution >= 4 is 30.4 Å². The van der Waals surface area contributed by atoms with Crippen LogP contribution in [0.25, 0.3) is 27.0 Å². The summed E-state index contributed by atoms with van der Waals surface area (Å²) < 4.78 is 0. The van der Waals surface area contributed by atoms with E-state index in [1.165, 1.54) is 0 Å². The molecule has 0 aliphatic rings. The van der Waals surface area contributed by atoms with Gasteiger partial charge < -0.3 is 27.0 Å². The quantitative estimate of drug-likeness (QED) is 0.381. The van der Waals surface area contributed by atoms with E-state index >= 15 is 0 Å². The van der Waals surface area contributed by atoms with Crippen LogP contribution < -0.4 is 0 Å². The highest BCUT2D eigenvalue weighted by Gasteiger charge is 0.802. The maximum atomic E-state index is 8.24. The zero-order valence-electron chi connectivity index (χ0n) is 6.78. The van der Waals surface area contributed by atoms with Gasteiger partial charge in [-0.3, -0.25) is 24.0 Å². The number of hydrogen-bond acceptors (Lipinski definition) is 5. The first kappa shape index (κ1) is 29.7. The Morgan fingerprint density at radius 3 is 0.400 bits per heavy atom. The van der Waals surface area contributed by atoms with Crippen LogP contribution in [0.5, 0.6) is 0 Å². The molecule has 0 aliphatic heterocycles. The zero-order valence-corrected chi connectivity index (χ0v) is 6.78. The molecule has 0 aromatic heterocycles. The molecule has 0 saturated carbocycles. The molecule has 0 unspecified atom stereocenters. The number of isocyanates is 5. The van der Waals surface area contributed by atoms with E-state index in [1.54, 1.807) is 0 Å². The van der Waals surface area contributed by atoms with Gasteiger partial charge in [-0.2, -0.15) is 0 Å². The predicted molar refractivity (Wildman–Crippen MR) is 45.3 cm³/mol. The zero-order chi connectivity index (χ0) is 13.5. The lowest BCUT2D eigenvalue weighted by Gasteiger charge is -1.32. The topological polar surface area (TPSA) is 197 Å². The smallest absolute Gasteiger partial charge is 0.0159 e. The highest BCUT2D eigenvalue weighted by molar-refractivity contribution is 5.37. The van der Waals surface area contributed by atoms with Gasteiger partial charge in [0.25, 0.3) is 0 Å². The fourth-order valence-corrected chi connectivity index (χ4v) is 0. The van der Waals surface area contributed by atoms with Crippen molar-refractivity contribution in [1.82, 2.24) is 0 Å². The largest absolute Gasteiger partial charge is 0.724 e. The van der Waals surface area contributed by atoms with E-state index in [0.717, 1.165) is 0 Å². The van der Waals surface area contributed by atoms with Crippen molar-refractivity contribution in [1.29, 1.82) is 0 Å². The molecule has 0 aromatic rings. The molecule has 0 amide bonds. The van der Waals surface area contributed by atoms with E-state index in [1.807, 2.05) is 0 Å². The summed E-state index contributed by atoms with van der Waals surface area (Å²) in [5.74, 6) is 0. The number of carbonyl (C=O) groups excluding carboxylic acids is 5. The van der Waals surface area contributed by atoms with Gasteiger partial charge in [0.05, 0.1) is 0 Å². The van der Waals surface area contributed by atoms with Crippen molar-refractivity contribution in [2.45, 2.75) is 0 Å². The molecule has 0 atom stereocenters. The Morgan fingerprint density at radius 1 is 0.400 bits per heavy atom. The number of rotatable bonds is 0. The average molecular weight is 210 g/mol. The van der Waals surface area contributed by atoms with E-state index in [-0.39, 0.29) is 0 Å². The van der Waals surface area contributed by atoms with E-state index in [4.69, 9.17) is 51.0 Å². The molecular weight excluding hydrogens is 210 g/mol. The Bertz CT molecular complexity index is 199. The van der Waals surface area contributed by atoms with Crippen molar-refractivity contribution in [2.24, 2.45) is 0 Å². The second kappa shape index (κ2) is 296. The molecule has 0 rings (SSSR count). The molecule has 15 heavy (non-hydrogen) atoms. The summed E-state index contributed by atoms with van der Waals surface area (Å²) in [5, 5.41) is 33.8. The Hall–Kier alpha value is -3.10. The van der Waals surface area contributed by atoms with E-state index in [2.05, 4.69) is 0 Å². The number of hydrogen-bond donors (Lipinski definition) is 0. The molecule has 80 valence electrons. The number of nitrogens with zero attached hydrogens (tertiary/aromatic N) is 5. The van der Waals surface area contributed by atoms with Gasteiger partial charge in [-0.25, -0.2) is 0 Å². The van der Waals surface area contributed by atoms with Gasteiger partial charge in [0.15, 0.2) is 0 Å². The van der Waals surface area contributed by atoms with Crippen LogP contribution in [-0.4, -0.2) is 30.4 Å². The fraction of sp³-hybridized carbons (Fsp3) is 0. The van der Waals surface area contributed by atoms with Crippen molar-refractivity contribution in [2.75, 3.05) is 0 Å². The minimum absolute atomic E-state index is 0.500. The van der Waals surface area contributed by atoms with Crippen LogP contribution in [0.1, 0.15) is 0 Å². The second-order valence-electron chi connectivity index (χ2n) is 0.456. The van der Waals surface area contributed by atoms with Crippen molar-refractivity contribution in [3.05, 3.63) is 27.0 Å². The van der Waals surface area contributed by atoms with E-state index < -0.39 is 0 Å². The molecule has 0 heterocycles. The van der Waals surface area contributed by atoms with Crippen LogP contribution in [-0.2, 0) is 24.0 Å². The van der Waals surface area contributed by atoms with Gasteiger partial charge in [-0.15, -0.1) is 0 Å². The van der Waals surface area contributed by atoms with E-state index in [9.17, 15) is 0 Å². The first-order valence-corrected chi connectivity index (χ1v) is 2.14. The summed E-state index contributed by atoms with van der Waals surface area (Å²) in [4.78, 5) is 41.2. The van der Waals surface area contributed by atoms with Crippen molar-refractivity contribution in [3.63, 3.8) is 0 Å². The lowest BCUT2D eigenvalue weighted by atomic mass is 11.7. The van der Waals surface area contributed by atoms with Gasteiger partial charge in [0.1, 0.15) is 0 Å². The summed E-state index contributed by atoms with van der Waals surface area (Å²) in [5.41, 5.74) is 0. The minimum atomic E-state index is 0.500. The molecule has 0 saturated heterocycles. The maximum absolute atomic E-state index is 8.24. The molecule has 0 bridgehead atoms. The Balaban J connectivity index is -0.0000000278. The molecule has 0 spiro atoms. The predicted octanol–water partition coefficient (Wildman–Crippen LogP) is -0.542. The molecular formula is C5N5O5-5. The monoisotopic (exact) mass is 210 g/mol. The highest BCUT2D eigenvalue weighted by Crippen LogP contribution is 0.960. The van der Waals surface area contributed by atoms with Crippen LogP contribution in [0, 0.1) is 0 Å². The first-order chi connectivity index (χ1) is 7.07. The van der Waals surface area contributed by atoms with Crippen molar-refractivity contribution in [3.8, 4) is 0 Å². The fourth-order valence-electron chi connectivity index (χ4n) is 0. The molecule has 0 aromatic carbocycles. The summed E-state index contributed by atoms with van der Waals surface area (Å²) >= 11 is 0. The molecule has 10 heteroatoms. The standard InChI is InChI=1S/5CNO/c5*2-1-3/q5*-1. The van der Waals surface area contributed by atoms with Gasteiger partial charge >= 0.3 is 0 Å². The Kier molecular flexibility index (Phi) is 586. The molecule has 0 aliphatic carbocycles. The summed E-state index contributed by atoms with van der Waals surface area (Å²) in [7, 11) is 0. The average Bonchev–Trinajstić information content (AvgIpc) is 2.09. The molecule has 0 radical (unpaired) electrons. The Morgan fingerprint density at radius 2 is 0.400 bits per heavy atom. The second-order valence-corrected chi connectivity index (χ2v) is 0.456.